The third-order valence-electron chi connectivity index (χ3n) is 4.04. The summed E-state index contributed by atoms with van der Waals surface area (Å²) in [7, 11) is 3.17. The topological polar surface area (TPSA) is 80.7 Å². The second-order valence-electron chi connectivity index (χ2n) is 5.26. The molecule has 0 aliphatic heterocycles. The van der Waals surface area contributed by atoms with Crippen LogP contribution in [0, 0.1) is 11.8 Å². The van der Waals surface area contributed by atoms with E-state index in [4.69, 9.17) is 9.47 Å². The lowest BCUT2D eigenvalue weighted by molar-refractivity contribution is -0.142. The number of aliphatic carboxylic acids is 1. The molecule has 0 amide bonds. The minimum atomic E-state index is -0.684. The van der Waals surface area contributed by atoms with Crippen LogP contribution < -0.4 is 14.8 Å². The van der Waals surface area contributed by atoms with E-state index in [1.807, 2.05) is 0 Å². The lowest BCUT2D eigenvalue weighted by Gasteiger charge is -2.17. The number of carbonyl (C=O) groups is 1. The quantitative estimate of drug-likeness (QED) is 0.796. The largest absolute Gasteiger partial charge is 0.493 e. The van der Waals surface area contributed by atoms with Crippen molar-refractivity contribution in [1.29, 1.82) is 0 Å². The number of aromatic nitrogens is 1. The van der Waals surface area contributed by atoms with Crippen molar-refractivity contribution in [1.82, 2.24) is 10.3 Å². The van der Waals surface area contributed by atoms with Gasteiger partial charge in [0, 0.05) is 18.8 Å². The van der Waals surface area contributed by atoms with Gasteiger partial charge in [-0.25, -0.2) is 0 Å². The summed E-state index contributed by atoms with van der Waals surface area (Å²) in [4.78, 5) is 15.4. The molecule has 6 nitrogen and oxygen atoms in total. The zero-order chi connectivity index (χ0) is 15.2. The van der Waals surface area contributed by atoms with Gasteiger partial charge in [-0.05, 0) is 25.3 Å². The molecule has 1 saturated carbocycles. The van der Waals surface area contributed by atoms with Crippen molar-refractivity contribution in [3.05, 3.63) is 18.0 Å². The number of carboxylic acids is 1. The summed E-state index contributed by atoms with van der Waals surface area (Å²) in [5.41, 5.74) is 0.765. The number of pyridine rings is 1. The third-order valence-corrected chi connectivity index (χ3v) is 4.04. The molecular weight excluding hydrogens is 272 g/mol. The Morgan fingerprint density at radius 3 is 2.90 bits per heavy atom. The van der Waals surface area contributed by atoms with E-state index in [0.717, 1.165) is 25.0 Å². The Morgan fingerprint density at radius 2 is 2.24 bits per heavy atom. The number of methoxy groups -OCH3 is 2. The number of hydrogen-bond donors (Lipinski definition) is 2. The Balaban J connectivity index is 1.93. The summed E-state index contributed by atoms with van der Waals surface area (Å²) < 4.78 is 10.6. The smallest absolute Gasteiger partial charge is 0.306 e. The summed E-state index contributed by atoms with van der Waals surface area (Å²) in [5.74, 6) is 0.551. The van der Waals surface area contributed by atoms with Crippen LogP contribution in [-0.2, 0) is 11.3 Å². The van der Waals surface area contributed by atoms with Crippen LogP contribution in [0.1, 0.15) is 25.0 Å². The highest BCUT2D eigenvalue weighted by molar-refractivity contribution is 5.70. The van der Waals surface area contributed by atoms with Crippen molar-refractivity contribution in [3.63, 3.8) is 0 Å². The second kappa shape index (κ2) is 7.26. The molecule has 1 aliphatic rings. The summed E-state index contributed by atoms with van der Waals surface area (Å²) in [6, 6.07) is 1.75. The number of hydrogen-bond acceptors (Lipinski definition) is 5. The number of carboxylic acid groups (broad SMARTS) is 1. The molecule has 1 aliphatic carbocycles. The molecule has 0 radical (unpaired) electrons. The standard InChI is InChI=1S/C15H22N2O4/c1-20-13-6-7-17-12(14(13)21-2)9-16-8-10-4-3-5-11(10)15(18)19/h6-7,10-11,16H,3-5,8-9H2,1-2H3,(H,18,19). The first-order valence-electron chi connectivity index (χ1n) is 7.16. The Kier molecular flexibility index (Phi) is 5.38. The third kappa shape index (κ3) is 3.64. The van der Waals surface area contributed by atoms with Crippen molar-refractivity contribution >= 4 is 5.97 Å². The molecule has 1 heterocycles. The molecular formula is C15H22N2O4. The fourth-order valence-corrected chi connectivity index (χ4v) is 2.96. The molecule has 0 bridgehead atoms. The predicted molar refractivity (Wildman–Crippen MR) is 77.5 cm³/mol. The van der Waals surface area contributed by atoms with E-state index in [-0.39, 0.29) is 11.8 Å². The van der Waals surface area contributed by atoms with Gasteiger partial charge in [-0.1, -0.05) is 6.42 Å². The molecule has 1 aromatic rings. The van der Waals surface area contributed by atoms with Crippen LogP contribution >= 0.6 is 0 Å². The average molecular weight is 294 g/mol. The van der Waals surface area contributed by atoms with Crippen LogP contribution in [0.4, 0.5) is 0 Å². The highest BCUT2D eigenvalue weighted by Crippen LogP contribution is 2.32. The summed E-state index contributed by atoms with van der Waals surface area (Å²) in [6.07, 6.45) is 4.41. The predicted octanol–water partition coefficient (Wildman–Crippen LogP) is 1.69. The van der Waals surface area contributed by atoms with E-state index in [0.29, 0.717) is 24.6 Å². The van der Waals surface area contributed by atoms with Crippen molar-refractivity contribution in [2.45, 2.75) is 25.8 Å². The van der Waals surface area contributed by atoms with E-state index in [9.17, 15) is 9.90 Å². The van der Waals surface area contributed by atoms with Gasteiger partial charge in [-0.15, -0.1) is 0 Å². The normalized spacial score (nSPS) is 21.2. The number of nitrogens with one attached hydrogen (secondary N) is 1. The maximum atomic E-state index is 11.2. The molecule has 2 atom stereocenters. The fraction of sp³-hybridized carbons (Fsp3) is 0.600. The van der Waals surface area contributed by atoms with Gasteiger partial charge in [0.25, 0.3) is 0 Å². The lowest BCUT2D eigenvalue weighted by Crippen LogP contribution is -2.29. The van der Waals surface area contributed by atoms with E-state index in [1.54, 1.807) is 26.5 Å². The Morgan fingerprint density at radius 1 is 1.43 bits per heavy atom. The molecule has 2 unspecified atom stereocenters. The highest BCUT2D eigenvalue weighted by Gasteiger charge is 2.32. The van der Waals surface area contributed by atoms with Gasteiger partial charge in [0.15, 0.2) is 11.5 Å². The SMILES string of the molecule is COc1ccnc(CNCC2CCCC2C(=O)O)c1OC. The second-order valence-corrected chi connectivity index (χ2v) is 5.26. The van der Waals surface area contributed by atoms with Gasteiger partial charge in [0.05, 0.1) is 25.8 Å². The van der Waals surface area contributed by atoms with Crippen molar-refractivity contribution < 1.29 is 19.4 Å². The molecule has 2 rings (SSSR count). The van der Waals surface area contributed by atoms with Gasteiger partial charge in [-0.2, -0.15) is 0 Å². The molecule has 116 valence electrons. The first-order chi connectivity index (χ1) is 10.2. The summed E-state index contributed by atoms with van der Waals surface area (Å²) >= 11 is 0. The van der Waals surface area contributed by atoms with Gasteiger partial charge in [0.1, 0.15) is 0 Å². The maximum absolute atomic E-state index is 11.2. The van der Waals surface area contributed by atoms with Gasteiger partial charge in [0.2, 0.25) is 0 Å². The molecule has 1 aromatic heterocycles. The minimum absolute atomic E-state index is 0.194. The monoisotopic (exact) mass is 294 g/mol. The van der Waals surface area contributed by atoms with Crippen LogP contribution in [0.2, 0.25) is 0 Å². The van der Waals surface area contributed by atoms with E-state index in [1.165, 1.54) is 0 Å². The summed E-state index contributed by atoms with van der Waals surface area (Å²) in [6.45, 7) is 1.21. The van der Waals surface area contributed by atoms with Crippen molar-refractivity contribution in [2.75, 3.05) is 20.8 Å². The minimum Gasteiger partial charge on any atom is -0.493 e. The Labute approximate surface area is 124 Å². The fourth-order valence-electron chi connectivity index (χ4n) is 2.96. The molecule has 0 saturated heterocycles. The number of rotatable bonds is 7. The Hall–Kier alpha value is -1.82. The van der Waals surface area contributed by atoms with E-state index < -0.39 is 5.97 Å². The number of nitrogens with zero attached hydrogens (tertiary/aromatic N) is 1. The van der Waals surface area contributed by atoms with Gasteiger partial charge in [-0.3, -0.25) is 9.78 Å². The van der Waals surface area contributed by atoms with Gasteiger partial charge >= 0.3 is 5.97 Å². The van der Waals surface area contributed by atoms with Crippen LogP contribution in [0.3, 0.4) is 0 Å². The van der Waals surface area contributed by atoms with Gasteiger partial charge < -0.3 is 19.9 Å². The molecule has 2 N–H and O–H groups in total. The summed E-state index contributed by atoms with van der Waals surface area (Å²) in [5, 5.41) is 12.5. The van der Waals surface area contributed by atoms with Crippen LogP contribution in [0.15, 0.2) is 12.3 Å². The lowest BCUT2D eigenvalue weighted by atomic mass is 9.96. The first kappa shape index (κ1) is 15.6. The zero-order valence-electron chi connectivity index (χ0n) is 12.5. The maximum Gasteiger partial charge on any atom is 0.306 e. The first-order valence-corrected chi connectivity index (χ1v) is 7.16. The molecule has 0 spiro atoms. The molecule has 21 heavy (non-hydrogen) atoms. The van der Waals surface area contributed by atoms with Crippen LogP contribution in [0.25, 0.3) is 0 Å². The molecule has 0 aromatic carbocycles. The van der Waals surface area contributed by atoms with E-state index in [2.05, 4.69) is 10.3 Å². The Bertz CT molecular complexity index is 493. The van der Waals surface area contributed by atoms with Crippen LogP contribution in [-0.4, -0.2) is 36.8 Å². The van der Waals surface area contributed by atoms with Crippen LogP contribution in [0.5, 0.6) is 11.5 Å². The zero-order valence-corrected chi connectivity index (χ0v) is 12.5. The molecule has 1 fully saturated rings. The highest BCUT2D eigenvalue weighted by atomic mass is 16.5. The number of ether oxygens (including phenoxy) is 2. The van der Waals surface area contributed by atoms with Crippen molar-refractivity contribution in [2.24, 2.45) is 11.8 Å². The van der Waals surface area contributed by atoms with E-state index >= 15 is 0 Å². The molecule has 6 heteroatoms. The average Bonchev–Trinajstić information content (AvgIpc) is 2.95. The van der Waals surface area contributed by atoms with Crippen molar-refractivity contribution in [3.8, 4) is 11.5 Å².